The second-order valence-electron chi connectivity index (χ2n) is 4.25. The molecule has 0 aliphatic rings. The summed E-state index contributed by atoms with van der Waals surface area (Å²) in [5.41, 5.74) is 3.71. The normalized spacial score (nSPS) is 10.0. The lowest BCUT2D eigenvalue weighted by molar-refractivity contribution is 0.299. The van der Waals surface area contributed by atoms with Crippen LogP contribution in [0.1, 0.15) is 21.8 Å². The van der Waals surface area contributed by atoms with Crippen LogP contribution >= 0.6 is 34.5 Å². The average Bonchev–Trinajstić information content (AvgIpc) is 2.85. The van der Waals surface area contributed by atoms with Crippen molar-refractivity contribution in [3.63, 3.8) is 0 Å². The molecule has 0 saturated carbocycles. The minimum Gasteiger partial charge on any atom is -0.396 e. The standard InChI is InChI=1S/C14H17NOS.CH2Cl2/c1-11-15-14(10-17-11)7-6-12-2-4-13(5-3-12)8-9-16;2-1-3/h2-5,10,16H,6-9H2,1H3;1H2. The number of hydrogen-bond donors (Lipinski definition) is 1. The van der Waals surface area contributed by atoms with Crippen LogP contribution in [0.3, 0.4) is 0 Å². The molecule has 2 aromatic rings. The Morgan fingerprint density at radius 3 is 2.05 bits per heavy atom. The molecule has 20 heavy (non-hydrogen) atoms. The predicted molar refractivity (Wildman–Crippen MR) is 88.1 cm³/mol. The molecule has 1 aromatic heterocycles. The van der Waals surface area contributed by atoms with Gasteiger partial charge in [0.15, 0.2) is 0 Å². The summed E-state index contributed by atoms with van der Waals surface area (Å²) < 4.78 is 0. The third kappa shape index (κ3) is 6.71. The second-order valence-corrected chi connectivity index (χ2v) is 6.12. The molecular weight excluding hydrogens is 313 g/mol. The van der Waals surface area contributed by atoms with E-state index in [4.69, 9.17) is 28.3 Å². The SMILES string of the molecule is Cc1nc(CCc2ccc(CCO)cc2)cs1.ClCCl. The number of aryl methyl sites for hydroxylation is 3. The zero-order valence-electron chi connectivity index (χ0n) is 11.5. The molecule has 0 spiro atoms. The van der Waals surface area contributed by atoms with Crippen LogP contribution in [0.5, 0.6) is 0 Å². The lowest BCUT2D eigenvalue weighted by Crippen LogP contribution is -1.94. The number of halogens is 2. The molecule has 0 saturated heterocycles. The first-order valence-electron chi connectivity index (χ1n) is 6.41. The third-order valence-electron chi connectivity index (χ3n) is 2.76. The van der Waals surface area contributed by atoms with Gasteiger partial charge in [0.2, 0.25) is 0 Å². The van der Waals surface area contributed by atoms with Gasteiger partial charge in [-0.1, -0.05) is 24.3 Å². The zero-order chi connectivity index (χ0) is 14.8. The number of aromatic nitrogens is 1. The van der Waals surface area contributed by atoms with Crippen LogP contribution in [0.2, 0.25) is 0 Å². The molecule has 110 valence electrons. The zero-order valence-corrected chi connectivity index (χ0v) is 13.8. The Balaban J connectivity index is 0.000000612. The topological polar surface area (TPSA) is 33.1 Å². The quantitative estimate of drug-likeness (QED) is 0.833. The summed E-state index contributed by atoms with van der Waals surface area (Å²) in [7, 11) is 0. The van der Waals surface area contributed by atoms with Gasteiger partial charge in [0.05, 0.1) is 16.0 Å². The van der Waals surface area contributed by atoms with E-state index in [1.807, 2.05) is 6.92 Å². The number of aliphatic hydroxyl groups excluding tert-OH is 1. The molecule has 0 unspecified atom stereocenters. The first kappa shape index (κ1) is 17.4. The summed E-state index contributed by atoms with van der Waals surface area (Å²) in [5, 5.41) is 12.3. The molecule has 2 nitrogen and oxygen atoms in total. The second kappa shape index (κ2) is 10.2. The van der Waals surface area contributed by atoms with Crippen molar-refractivity contribution >= 4 is 34.5 Å². The van der Waals surface area contributed by atoms with Gasteiger partial charge in [-0.05, 0) is 37.3 Å². The molecule has 0 amide bonds. The van der Waals surface area contributed by atoms with E-state index >= 15 is 0 Å². The molecule has 5 heteroatoms. The molecule has 0 bridgehead atoms. The van der Waals surface area contributed by atoms with Gasteiger partial charge in [-0.2, -0.15) is 0 Å². The van der Waals surface area contributed by atoms with E-state index in [2.05, 4.69) is 34.6 Å². The van der Waals surface area contributed by atoms with Crippen LogP contribution < -0.4 is 0 Å². The third-order valence-corrected chi connectivity index (χ3v) is 3.58. The summed E-state index contributed by atoms with van der Waals surface area (Å²) in [6.07, 6.45) is 2.78. The summed E-state index contributed by atoms with van der Waals surface area (Å²) in [5.74, 6) is 0. The number of alkyl halides is 2. The van der Waals surface area contributed by atoms with Crippen molar-refractivity contribution in [1.29, 1.82) is 0 Å². The smallest absolute Gasteiger partial charge is 0.0967 e. The number of hydrogen-bond acceptors (Lipinski definition) is 3. The van der Waals surface area contributed by atoms with E-state index in [9.17, 15) is 0 Å². The number of rotatable bonds is 5. The molecule has 1 heterocycles. The molecule has 0 aliphatic carbocycles. The van der Waals surface area contributed by atoms with Crippen LogP contribution in [0, 0.1) is 6.92 Å². The fraction of sp³-hybridized carbons (Fsp3) is 0.400. The van der Waals surface area contributed by atoms with Gasteiger partial charge >= 0.3 is 0 Å². The predicted octanol–water partition coefficient (Wildman–Crippen LogP) is 4.19. The van der Waals surface area contributed by atoms with Gasteiger partial charge < -0.3 is 5.11 Å². The minimum atomic E-state index is 0.194. The molecule has 0 fully saturated rings. The van der Waals surface area contributed by atoms with E-state index in [-0.39, 0.29) is 11.9 Å². The van der Waals surface area contributed by atoms with Crippen LogP contribution in [-0.4, -0.2) is 22.0 Å². The highest BCUT2D eigenvalue weighted by molar-refractivity contribution is 7.09. The molecular formula is C15H19Cl2NOS. The minimum absolute atomic E-state index is 0.194. The average molecular weight is 332 g/mol. The molecule has 0 aliphatic heterocycles. The van der Waals surface area contributed by atoms with Gasteiger partial charge in [-0.3, -0.25) is 0 Å². The van der Waals surface area contributed by atoms with E-state index in [0.717, 1.165) is 24.3 Å². The first-order valence-corrected chi connectivity index (χ1v) is 8.36. The van der Waals surface area contributed by atoms with E-state index < -0.39 is 0 Å². The van der Waals surface area contributed by atoms with Crippen molar-refractivity contribution in [1.82, 2.24) is 4.98 Å². The fourth-order valence-corrected chi connectivity index (χ4v) is 2.44. The molecule has 0 atom stereocenters. The van der Waals surface area contributed by atoms with Crippen molar-refractivity contribution in [2.24, 2.45) is 0 Å². The van der Waals surface area contributed by atoms with Crippen molar-refractivity contribution in [2.75, 3.05) is 11.9 Å². The highest BCUT2D eigenvalue weighted by atomic mass is 35.5. The Labute approximate surface area is 134 Å². The summed E-state index contributed by atoms with van der Waals surface area (Å²) in [6, 6.07) is 8.48. The van der Waals surface area contributed by atoms with Crippen molar-refractivity contribution in [3.8, 4) is 0 Å². The Bertz CT molecular complexity index is 485. The van der Waals surface area contributed by atoms with Gasteiger partial charge in [0.25, 0.3) is 0 Å². The number of nitrogens with zero attached hydrogens (tertiary/aromatic N) is 1. The van der Waals surface area contributed by atoms with Crippen molar-refractivity contribution in [2.45, 2.75) is 26.2 Å². The van der Waals surface area contributed by atoms with Crippen LogP contribution in [0.25, 0.3) is 0 Å². The fourth-order valence-electron chi connectivity index (χ4n) is 1.80. The largest absolute Gasteiger partial charge is 0.396 e. The maximum atomic E-state index is 8.84. The summed E-state index contributed by atoms with van der Waals surface area (Å²) >= 11 is 11.2. The van der Waals surface area contributed by atoms with Crippen molar-refractivity contribution in [3.05, 3.63) is 51.5 Å². The highest BCUT2D eigenvalue weighted by Crippen LogP contribution is 2.12. The lowest BCUT2D eigenvalue weighted by atomic mass is 10.1. The molecule has 2 rings (SSSR count). The molecule has 0 radical (unpaired) electrons. The van der Waals surface area contributed by atoms with E-state index in [1.165, 1.54) is 16.8 Å². The monoisotopic (exact) mass is 331 g/mol. The summed E-state index contributed by atoms with van der Waals surface area (Å²) in [6.45, 7) is 2.26. The van der Waals surface area contributed by atoms with Gasteiger partial charge in [-0.25, -0.2) is 4.98 Å². The first-order chi connectivity index (χ1) is 9.69. The number of aliphatic hydroxyl groups is 1. The maximum absolute atomic E-state index is 8.84. The molecule has 1 aromatic carbocycles. The summed E-state index contributed by atoms with van der Waals surface area (Å²) in [4.78, 5) is 4.46. The lowest BCUT2D eigenvalue weighted by Gasteiger charge is -2.02. The maximum Gasteiger partial charge on any atom is 0.0967 e. The van der Waals surface area contributed by atoms with Crippen LogP contribution in [-0.2, 0) is 19.3 Å². The van der Waals surface area contributed by atoms with Gasteiger partial charge in [0.1, 0.15) is 0 Å². The van der Waals surface area contributed by atoms with E-state index in [0.29, 0.717) is 0 Å². The number of benzene rings is 1. The Morgan fingerprint density at radius 2 is 1.60 bits per heavy atom. The number of thiazole rings is 1. The Morgan fingerprint density at radius 1 is 1.05 bits per heavy atom. The molecule has 1 N–H and O–H groups in total. The Hall–Kier alpha value is -0.610. The van der Waals surface area contributed by atoms with Crippen LogP contribution in [0.15, 0.2) is 29.6 Å². The van der Waals surface area contributed by atoms with Gasteiger partial charge in [0, 0.05) is 12.0 Å². The van der Waals surface area contributed by atoms with Crippen LogP contribution in [0.4, 0.5) is 0 Å². The highest BCUT2D eigenvalue weighted by Gasteiger charge is 2.00. The van der Waals surface area contributed by atoms with E-state index in [1.54, 1.807) is 11.3 Å². The van der Waals surface area contributed by atoms with Crippen molar-refractivity contribution < 1.29 is 5.11 Å². The Kier molecular flexibility index (Phi) is 8.86. The van der Waals surface area contributed by atoms with Gasteiger partial charge in [-0.15, -0.1) is 34.5 Å².